The number of rotatable bonds is 7. The highest BCUT2D eigenvalue weighted by Crippen LogP contribution is 2.17. The Morgan fingerprint density at radius 3 is 2.76 bits per heavy atom. The summed E-state index contributed by atoms with van der Waals surface area (Å²) in [6, 6.07) is 14.1. The molecule has 0 saturated carbocycles. The van der Waals surface area contributed by atoms with Crippen molar-refractivity contribution in [3.05, 3.63) is 65.5 Å². The molecule has 1 aromatic heterocycles. The topological polar surface area (TPSA) is 115 Å². The van der Waals surface area contributed by atoms with E-state index < -0.39 is 18.3 Å². The van der Waals surface area contributed by atoms with E-state index in [1.807, 2.05) is 36.4 Å². The Morgan fingerprint density at radius 2 is 2.04 bits per heavy atom. The molecular formula is C18H19N3O4. The van der Waals surface area contributed by atoms with Gasteiger partial charge in [0.15, 0.2) is 0 Å². The Labute approximate surface area is 145 Å². The van der Waals surface area contributed by atoms with Crippen molar-refractivity contribution >= 4 is 6.09 Å². The van der Waals surface area contributed by atoms with Crippen molar-refractivity contribution in [3.63, 3.8) is 0 Å². The van der Waals surface area contributed by atoms with Crippen molar-refractivity contribution in [2.45, 2.75) is 25.2 Å². The van der Waals surface area contributed by atoms with Gasteiger partial charge in [0.2, 0.25) is 0 Å². The summed E-state index contributed by atoms with van der Waals surface area (Å²) in [5.74, 6) is 0. The maximum absolute atomic E-state index is 11.6. The van der Waals surface area contributed by atoms with Gasteiger partial charge in [-0.25, -0.2) is 4.79 Å². The first-order valence-electron chi connectivity index (χ1n) is 7.77. The minimum atomic E-state index is -1.24. The standard InChI is InChI=1S/C18H19N3O4/c19-11-14-6-8-20-15(10-14)17(23)16(22)7-9-21-18(24)25-12-13-4-2-1-3-5-13/h1-6,8,10,16-17,22-23H,7,9,12H2,(H,21,24). The molecule has 0 aliphatic rings. The summed E-state index contributed by atoms with van der Waals surface area (Å²) < 4.78 is 5.04. The SMILES string of the molecule is N#Cc1ccnc(C(O)C(O)CCNC(=O)OCc2ccccc2)c1. The molecule has 2 rings (SSSR count). The number of alkyl carbamates (subject to hydrolysis) is 1. The quantitative estimate of drug-likeness (QED) is 0.705. The van der Waals surface area contributed by atoms with Crippen LogP contribution >= 0.6 is 0 Å². The Hall–Kier alpha value is -2.95. The fourth-order valence-electron chi connectivity index (χ4n) is 2.13. The molecule has 2 unspecified atom stereocenters. The van der Waals surface area contributed by atoms with Crippen LogP contribution in [0.2, 0.25) is 0 Å². The van der Waals surface area contributed by atoms with E-state index >= 15 is 0 Å². The van der Waals surface area contributed by atoms with Crippen molar-refractivity contribution < 1.29 is 19.7 Å². The van der Waals surface area contributed by atoms with Gasteiger partial charge in [-0.15, -0.1) is 0 Å². The fraction of sp³-hybridized carbons (Fsp3) is 0.278. The van der Waals surface area contributed by atoms with Gasteiger partial charge in [-0.1, -0.05) is 30.3 Å². The number of nitriles is 1. The molecule has 7 nitrogen and oxygen atoms in total. The van der Waals surface area contributed by atoms with Crippen molar-refractivity contribution in [1.29, 1.82) is 5.26 Å². The summed E-state index contributed by atoms with van der Waals surface area (Å²) in [5.41, 5.74) is 1.42. The van der Waals surface area contributed by atoms with Crippen LogP contribution in [0.25, 0.3) is 0 Å². The molecule has 1 aromatic carbocycles. The Morgan fingerprint density at radius 1 is 1.28 bits per heavy atom. The molecule has 130 valence electrons. The molecule has 7 heteroatoms. The van der Waals surface area contributed by atoms with Crippen LogP contribution in [0.3, 0.4) is 0 Å². The van der Waals surface area contributed by atoms with Gasteiger partial charge in [-0.05, 0) is 24.1 Å². The summed E-state index contributed by atoms with van der Waals surface area (Å²) in [5, 5.41) is 31.4. The number of aromatic nitrogens is 1. The molecule has 2 atom stereocenters. The van der Waals surface area contributed by atoms with Crippen molar-refractivity contribution in [3.8, 4) is 6.07 Å². The molecule has 1 heterocycles. The second kappa shape index (κ2) is 9.37. The van der Waals surface area contributed by atoms with Gasteiger partial charge in [0.1, 0.15) is 12.7 Å². The molecule has 0 aliphatic heterocycles. The molecular weight excluding hydrogens is 322 g/mol. The second-order valence-electron chi connectivity index (χ2n) is 5.37. The number of pyridine rings is 1. The van der Waals surface area contributed by atoms with Gasteiger partial charge < -0.3 is 20.3 Å². The van der Waals surface area contributed by atoms with Gasteiger partial charge in [-0.2, -0.15) is 5.26 Å². The zero-order valence-electron chi connectivity index (χ0n) is 13.5. The zero-order chi connectivity index (χ0) is 18.1. The summed E-state index contributed by atoms with van der Waals surface area (Å²) in [7, 11) is 0. The molecule has 0 spiro atoms. The smallest absolute Gasteiger partial charge is 0.407 e. The van der Waals surface area contributed by atoms with E-state index in [2.05, 4.69) is 10.3 Å². The largest absolute Gasteiger partial charge is 0.445 e. The van der Waals surface area contributed by atoms with Crippen molar-refractivity contribution in [2.75, 3.05) is 6.54 Å². The zero-order valence-corrected chi connectivity index (χ0v) is 13.5. The van der Waals surface area contributed by atoms with E-state index in [1.165, 1.54) is 18.3 Å². The van der Waals surface area contributed by atoms with Crippen molar-refractivity contribution in [1.82, 2.24) is 10.3 Å². The maximum Gasteiger partial charge on any atom is 0.407 e. The monoisotopic (exact) mass is 341 g/mol. The summed E-state index contributed by atoms with van der Waals surface area (Å²) in [4.78, 5) is 15.5. The minimum Gasteiger partial charge on any atom is -0.445 e. The lowest BCUT2D eigenvalue weighted by atomic mass is 10.1. The first-order chi connectivity index (χ1) is 12.1. The summed E-state index contributed by atoms with van der Waals surface area (Å²) in [6.07, 6.45) is -1.47. The highest BCUT2D eigenvalue weighted by atomic mass is 16.5. The van der Waals surface area contributed by atoms with Crippen LogP contribution in [0, 0.1) is 11.3 Å². The lowest BCUT2D eigenvalue weighted by Crippen LogP contribution is -2.30. The number of carbonyl (C=O) groups is 1. The van der Waals surface area contributed by atoms with Gasteiger partial charge in [-0.3, -0.25) is 4.98 Å². The number of hydrogen-bond donors (Lipinski definition) is 3. The van der Waals surface area contributed by atoms with Crippen LogP contribution in [0.5, 0.6) is 0 Å². The molecule has 3 N–H and O–H groups in total. The van der Waals surface area contributed by atoms with Crippen LogP contribution in [-0.2, 0) is 11.3 Å². The van der Waals surface area contributed by atoms with E-state index in [1.54, 1.807) is 0 Å². The lowest BCUT2D eigenvalue weighted by molar-refractivity contribution is 0.0111. The average Bonchev–Trinajstić information content (AvgIpc) is 2.66. The lowest BCUT2D eigenvalue weighted by Gasteiger charge is -2.17. The second-order valence-corrected chi connectivity index (χ2v) is 5.37. The van der Waals surface area contributed by atoms with Crippen LogP contribution in [-0.4, -0.2) is 33.9 Å². The third kappa shape index (κ3) is 5.88. The number of aliphatic hydroxyl groups excluding tert-OH is 2. The molecule has 0 bridgehead atoms. The van der Waals surface area contributed by atoms with Gasteiger partial charge in [0.25, 0.3) is 0 Å². The van der Waals surface area contributed by atoms with Crippen LogP contribution in [0.1, 0.15) is 29.3 Å². The van der Waals surface area contributed by atoms with Crippen LogP contribution in [0.15, 0.2) is 48.7 Å². The third-order valence-electron chi connectivity index (χ3n) is 3.50. The Kier molecular flexibility index (Phi) is 6.89. The first-order valence-corrected chi connectivity index (χ1v) is 7.77. The molecule has 2 aromatic rings. The number of aliphatic hydroxyl groups is 2. The molecule has 0 fully saturated rings. The highest BCUT2D eigenvalue weighted by Gasteiger charge is 2.20. The number of nitrogens with one attached hydrogen (secondary N) is 1. The summed E-state index contributed by atoms with van der Waals surface area (Å²) in [6.45, 7) is 0.284. The Balaban J connectivity index is 1.73. The highest BCUT2D eigenvalue weighted by molar-refractivity contribution is 5.67. The molecule has 1 amide bonds. The Bertz CT molecular complexity index is 731. The van der Waals surface area contributed by atoms with E-state index in [4.69, 9.17) is 10.00 Å². The minimum absolute atomic E-state index is 0.111. The number of nitrogens with zero attached hydrogens (tertiary/aromatic N) is 2. The van der Waals surface area contributed by atoms with E-state index in [9.17, 15) is 15.0 Å². The molecule has 0 radical (unpaired) electrons. The summed E-state index contributed by atoms with van der Waals surface area (Å²) >= 11 is 0. The van der Waals surface area contributed by atoms with E-state index in [-0.39, 0.29) is 25.3 Å². The number of benzene rings is 1. The van der Waals surface area contributed by atoms with Crippen LogP contribution in [0.4, 0.5) is 4.79 Å². The number of amides is 1. The average molecular weight is 341 g/mol. The predicted octanol–water partition coefficient (Wildman–Crippen LogP) is 1.66. The van der Waals surface area contributed by atoms with Gasteiger partial charge in [0, 0.05) is 12.7 Å². The molecule has 0 aliphatic carbocycles. The van der Waals surface area contributed by atoms with Crippen molar-refractivity contribution in [2.24, 2.45) is 0 Å². The van der Waals surface area contributed by atoms with E-state index in [0.29, 0.717) is 5.56 Å². The third-order valence-corrected chi connectivity index (χ3v) is 3.50. The number of hydrogen-bond acceptors (Lipinski definition) is 6. The fourth-order valence-corrected chi connectivity index (χ4v) is 2.13. The molecule has 25 heavy (non-hydrogen) atoms. The maximum atomic E-state index is 11.6. The van der Waals surface area contributed by atoms with Crippen LogP contribution < -0.4 is 5.32 Å². The first kappa shape index (κ1) is 18.4. The van der Waals surface area contributed by atoms with Gasteiger partial charge >= 0.3 is 6.09 Å². The number of carbonyl (C=O) groups excluding carboxylic acids is 1. The van der Waals surface area contributed by atoms with E-state index in [0.717, 1.165) is 5.56 Å². The normalized spacial score (nSPS) is 12.7. The predicted molar refractivity (Wildman–Crippen MR) is 89.2 cm³/mol. The number of ether oxygens (including phenoxy) is 1. The van der Waals surface area contributed by atoms with Gasteiger partial charge in [0.05, 0.1) is 23.4 Å². The molecule has 0 saturated heterocycles.